The van der Waals surface area contributed by atoms with Gasteiger partial charge in [0.15, 0.2) is 0 Å². The Labute approximate surface area is 167 Å². The van der Waals surface area contributed by atoms with Crippen LogP contribution in [0.5, 0.6) is 0 Å². The third-order valence-corrected chi connectivity index (χ3v) is 3.56. The molecule has 0 amide bonds. The predicted octanol–water partition coefficient (Wildman–Crippen LogP) is -2.21. The lowest BCUT2D eigenvalue weighted by Crippen LogP contribution is -2.45. The quantitative estimate of drug-likeness (QED) is 0.185. The van der Waals surface area contributed by atoms with Gasteiger partial charge in [-0.2, -0.15) is 0 Å². The van der Waals surface area contributed by atoms with Gasteiger partial charge in [0.1, 0.15) is 0 Å². The van der Waals surface area contributed by atoms with E-state index in [1.165, 1.54) is 4.90 Å². The minimum absolute atomic E-state index is 0.00979. The van der Waals surface area contributed by atoms with Crippen LogP contribution >= 0.6 is 0 Å². The molecule has 4 N–H and O–H groups in total. The van der Waals surface area contributed by atoms with Crippen molar-refractivity contribution in [2.45, 2.75) is 6.92 Å². The Morgan fingerprint density at radius 1 is 0.586 bits per heavy atom. The minimum atomic E-state index is -1.21. The maximum Gasteiger partial charge on any atom is 0.320 e. The number of carbonyl (C=O) groups is 5. The molecule has 0 saturated carbocycles. The number of hydrogen-bond donors (Lipinski definition) is 4. The summed E-state index contributed by atoms with van der Waals surface area (Å²) >= 11 is 0. The van der Waals surface area contributed by atoms with Gasteiger partial charge in [0.05, 0.1) is 39.3 Å². The highest BCUT2D eigenvalue weighted by atomic mass is 16.5. The Balaban J connectivity index is 5.02. The van der Waals surface area contributed by atoms with Gasteiger partial charge in [-0.15, -0.1) is 0 Å². The molecule has 0 aromatic rings. The van der Waals surface area contributed by atoms with Crippen LogP contribution in [0.15, 0.2) is 0 Å². The van der Waals surface area contributed by atoms with E-state index in [2.05, 4.69) is 0 Å². The molecule has 13 heteroatoms. The molecule has 0 aromatic carbocycles. The molecule has 0 unspecified atom stereocenters. The standard InChI is InChI=1S/C16H27N3O10/c1-2-29-16(28)11-17(3-5-18(7-12(20)21)8-13(22)23)4-6-19(9-14(24)25)10-15(26)27/h2-11H2,1H3,(H,20,21)(H,22,23)(H,24,25)(H,26,27). The summed E-state index contributed by atoms with van der Waals surface area (Å²) in [5.41, 5.74) is 0. The normalized spacial score (nSPS) is 11.0. The molecule has 0 aliphatic rings. The van der Waals surface area contributed by atoms with Crippen LogP contribution in [0.25, 0.3) is 0 Å². The molecule has 29 heavy (non-hydrogen) atoms. The largest absolute Gasteiger partial charge is 0.480 e. The van der Waals surface area contributed by atoms with Crippen molar-refractivity contribution in [3.8, 4) is 0 Å². The lowest BCUT2D eigenvalue weighted by molar-refractivity contribution is -0.146. The van der Waals surface area contributed by atoms with Gasteiger partial charge in [0.2, 0.25) is 0 Å². The van der Waals surface area contributed by atoms with Crippen molar-refractivity contribution >= 4 is 29.8 Å². The molecular formula is C16H27N3O10. The zero-order chi connectivity index (χ0) is 22.4. The summed E-state index contributed by atoms with van der Waals surface area (Å²) < 4.78 is 4.86. The number of rotatable bonds is 17. The van der Waals surface area contributed by atoms with Crippen LogP contribution in [0.3, 0.4) is 0 Å². The van der Waals surface area contributed by atoms with Crippen molar-refractivity contribution in [2.75, 3.05) is 65.5 Å². The predicted molar refractivity (Wildman–Crippen MR) is 96.5 cm³/mol. The Kier molecular flexibility index (Phi) is 12.9. The van der Waals surface area contributed by atoms with Gasteiger partial charge in [-0.1, -0.05) is 0 Å². The summed E-state index contributed by atoms with van der Waals surface area (Å²) in [5.74, 6) is -5.41. The monoisotopic (exact) mass is 421 g/mol. The summed E-state index contributed by atoms with van der Waals surface area (Å²) in [4.78, 5) is 59.1. The highest BCUT2D eigenvalue weighted by Gasteiger charge is 2.19. The van der Waals surface area contributed by atoms with Crippen molar-refractivity contribution in [1.82, 2.24) is 14.7 Å². The minimum Gasteiger partial charge on any atom is -0.480 e. The number of ether oxygens (including phenoxy) is 1. The Bertz CT molecular complexity index is 511. The first-order valence-corrected chi connectivity index (χ1v) is 8.73. The van der Waals surface area contributed by atoms with Gasteiger partial charge in [-0.05, 0) is 6.92 Å². The van der Waals surface area contributed by atoms with Gasteiger partial charge in [-0.3, -0.25) is 38.7 Å². The zero-order valence-corrected chi connectivity index (χ0v) is 16.2. The maximum atomic E-state index is 11.8. The third kappa shape index (κ3) is 14.9. The lowest BCUT2D eigenvalue weighted by atomic mass is 10.3. The van der Waals surface area contributed by atoms with Gasteiger partial charge >= 0.3 is 29.8 Å². The van der Waals surface area contributed by atoms with E-state index in [9.17, 15) is 24.0 Å². The van der Waals surface area contributed by atoms with E-state index < -0.39 is 56.0 Å². The average molecular weight is 421 g/mol. The maximum absolute atomic E-state index is 11.8. The van der Waals surface area contributed by atoms with Crippen LogP contribution in [-0.2, 0) is 28.7 Å². The second-order valence-electron chi connectivity index (χ2n) is 6.08. The Morgan fingerprint density at radius 2 is 0.897 bits per heavy atom. The average Bonchev–Trinajstić information content (AvgIpc) is 2.54. The van der Waals surface area contributed by atoms with Crippen molar-refractivity contribution in [3.63, 3.8) is 0 Å². The molecule has 0 spiro atoms. The van der Waals surface area contributed by atoms with Gasteiger partial charge < -0.3 is 25.2 Å². The molecule has 0 aliphatic heterocycles. The molecule has 166 valence electrons. The number of nitrogens with zero attached hydrogens (tertiary/aromatic N) is 3. The number of hydrogen-bond acceptors (Lipinski definition) is 9. The Morgan fingerprint density at radius 3 is 1.17 bits per heavy atom. The highest BCUT2D eigenvalue weighted by Crippen LogP contribution is 1.98. The SMILES string of the molecule is CCOC(=O)CN(CCN(CC(=O)O)CC(=O)O)CCN(CC(=O)O)CC(=O)O. The van der Waals surface area contributed by atoms with E-state index in [0.717, 1.165) is 9.80 Å². The second kappa shape index (κ2) is 14.3. The molecule has 0 bridgehead atoms. The van der Waals surface area contributed by atoms with Crippen molar-refractivity contribution in [2.24, 2.45) is 0 Å². The summed E-state index contributed by atoms with van der Waals surface area (Å²) in [6.07, 6.45) is 0. The first kappa shape index (κ1) is 26.2. The number of carboxylic acids is 4. The number of carbonyl (C=O) groups excluding carboxylic acids is 1. The van der Waals surface area contributed by atoms with E-state index in [0.29, 0.717) is 0 Å². The third-order valence-electron chi connectivity index (χ3n) is 3.56. The molecule has 0 radical (unpaired) electrons. The second-order valence-corrected chi connectivity index (χ2v) is 6.08. The fourth-order valence-electron chi connectivity index (χ4n) is 2.42. The highest BCUT2D eigenvalue weighted by molar-refractivity contribution is 5.73. The van der Waals surface area contributed by atoms with Crippen molar-refractivity contribution in [1.29, 1.82) is 0 Å². The zero-order valence-electron chi connectivity index (χ0n) is 16.2. The number of esters is 1. The first-order valence-electron chi connectivity index (χ1n) is 8.73. The van der Waals surface area contributed by atoms with E-state index in [4.69, 9.17) is 25.2 Å². The first-order chi connectivity index (χ1) is 13.5. The number of aliphatic carboxylic acids is 4. The molecule has 13 nitrogen and oxygen atoms in total. The molecule has 0 fully saturated rings. The molecule has 0 aromatic heterocycles. The molecule has 0 saturated heterocycles. The molecular weight excluding hydrogens is 394 g/mol. The molecule has 0 atom stereocenters. The summed E-state index contributed by atoms with van der Waals surface area (Å²) in [7, 11) is 0. The van der Waals surface area contributed by atoms with Crippen LogP contribution in [0.4, 0.5) is 0 Å². The van der Waals surface area contributed by atoms with Crippen LogP contribution in [-0.4, -0.2) is 130 Å². The topological polar surface area (TPSA) is 185 Å². The van der Waals surface area contributed by atoms with Crippen LogP contribution in [0, 0.1) is 0 Å². The van der Waals surface area contributed by atoms with Crippen molar-refractivity contribution < 1.29 is 49.1 Å². The van der Waals surface area contributed by atoms with Gasteiger partial charge in [0.25, 0.3) is 0 Å². The van der Waals surface area contributed by atoms with Crippen LogP contribution < -0.4 is 0 Å². The van der Waals surface area contributed by atoms with E-state index in [1.807, 2.05) is 0 Å². The molecule has 0 heterocycles. The summed E-state index contributed by atoms with van der Waals surface area (Å²) in [6.45, 7) is -0.283. The summed E-state index contributed by atoms with van der Waals surface area (Å²) in [5, 5.41) is 35.5. The van der Waals surface area contributed by atoms with Crippen molar-refractivity contribution in [3.05, 3.63) is 0 Å². The Hall–Kier alpha value is -2.77. The van der Waals surface area contributed by atoms with E-state index >= 15 is 0 Å². The fraction of sp³-hybridized carbons (Fsp3) is 0.688. The van der Waals surface area contributed by atoms with Gasteiger partial charge in [-0.25, -0.2) is 0 Å². The van der Waals surface area contributed by atoms with Crippen LogP contribution in [0.2, 0.25) is 0 Å². The van der Waals surface area contributed by atoms with Crippen LogP contribution in [0.1, 0.15) is 6.92 Å². The van der Waals surface area contributed by atoms with E-state index in [1.54, 1.807) is 6.92 Å². The number of carboxylic acid groups (broad SMARTS) is 4. The fourth-order valence-corrected chi connectivity index (χ4v) is 2.42. The van der Waals surface area contributed by atoms with Gasteiger partial charge in [0, 0.05) is 26.2 Å². The molecule has 0 aliphatic carbocycles. The van der Waals surface area contributed by atoms with E-state index in [-0.39, 0.29) is 39.3 Å². The molecule has 0 rings (SSSR count). The summed E-state index contributed by atoms with van der Waals surface area (Å²) in [6, 6.07) is 0. The smallest absolute Gasteiger partial charge is 0.320 e. The lowest BCUT2D eigenvalue weighted by Gasteiger charge is -2.27.